The zero-order valence-corrected chi connectivity index (χ0v) is 16.7. The van der Waals surface area contributed by atoms with E-state index in [1.807, 2.05) is 18.2 Å². The van der Waals surface area contributed by atoms with E-state index in [2.05, 4.69) is 59.9 Å². The predicted molar refractivity (Wildman–Crippen MR) is 120 cm³/mol. The first-order chi connectivity index (χ1) is 15.3. The van der Waals surface area contributed by atoms with E-state index in [-0.39, 0.29) is 0 Å². The molecule has 2 aromatic carbocycles. The fourth-order valence-corrected chi connectivity index (χ4v) is 3.85. The van der Waals surface area contributed by atoms with E-state index < -0.39 is 0 Å². The number of nitrogens with one attached hydrogen (secondary N) is 3. The van der Waals surface area contributed by atoms with Crippen LogP contribution in [0.5, 0.6) is 0 Å². The van der Waals surface area contributed by atoms with E-state index in [4.69, 9.17) is 9.72 Å². The van der Waals surface area contributed by atoms with Gasteiger partial charge in [0.1, 0.15) is 11.0 Å². The molecule has 0 atom stereocenters. The van der Waals surface area contributed by atoms with Gasteiger partial charge in [-0.2, -0.15) is 10.2 Å². The summed E-state index contributed by atoms with van der Waals surface area (Å²) in [7, 11) is 0. The van der Waals surface area contributed by atoms with Gasteiger partial charge in [0.25, 0.3) is 0 Å². The van der Waals surface area contributed by atoms with Crippen molar-refractivity contribution in [1.29, 1.82) is 0 Å². The van der Waals surface area contributed by atoms with E-state index in [0.717, 1.165) is 59.5 Å². The number of fused-ring (bicyclic) bond motifs is 2. The summed E-state index contributed by atoms with van der Waals surface area (Å²) in [6.07, 6.45) is 3.51. The van der Waals surface area contributed by atoms with Gasteiger partial charge in [-0.25, -0.2) is 9.97 Å². The van der Waals surface area contributed by atoms with Gasteiger partial charge in [-0.15, -0.1) is 0 Å². The minimum Gasteiger partial charge on any atom is -0.378 e. The van der Waals surface area contributed by atoms with Crippen LogP contribution in [-0.2, 0) is 4.74 Å². The summed E-state index contributed by atoms with van der Waals surface area (Å²) in [4.78, 5) is 11.8. The number of anilines is 3. The largest absolute Gasteiger partial charge is 0.378 e. The maximum absolute atomic E-state index is 5.44. The van der Waals surface area contributed by atoms with Gasteiger partial charge in [0.05, 0.1) is 31.1 Å². The number of aromatic nitrogens is 6. The molecule has 0 aliphatic carbocycles. The molecule has 154 valence electrons. The highest BCUT2D eigenvalue weighted by molar-refractivity contribution is 5.90. The van der Waals surface area contributed by atoms with Crippen molar-refractivity contribution in [3.05, 3.63) is 54.9 Å². The number of hydrogen-bond acceptors (Lipinski definition) is 7. The molecular weight excluding hydrogens is 392 g/mol. The van der Waals surface area contributed by atoms with Crippen molar-refractivity contribution in [2.24, 2.45) is 0 Å². The van der Waals surface area contributed by atoms with Crippen molar-refractivity contribution in [3.63, 3.8) is 0 Å². The van der Waals surface area contributed by atoms with Gasteiger partial charge in [0.2, 0.25) is 0 Å². The van der Waals surface area contributed by atoms with Gasteiger partial charge in [0.15, 0.2) is 11.6 Å². The molecule has 0 bridgehead atoms. The monoisotopic (exact) mass is 412 g/mol. The summed E-state index contributed by atoms with van der Waals surface area (Å²) in [5, 5.41) is 18.6. The van der Waals surface area contributed by atoms with Crippen molar-refractivity contribution >= 4 is 39.1 Å². The highest BCUT2D eigenvalue weighted by atomic mass is 16.5. The Kier molecular flexibility index (Phi) is 4.24. The standard InChI is InChI=1S/C22H20N8O/c1-6-18-15(12-23-28-18)11-14(1)21-26-19-13-24-29-20(19)22(27-21)25-16-2-4-17(5-3-16)30-7-9-31-10-8-30/h1-6,11-13H,7-10H2,(H,23,28)(H,24,29)(H,25,26,27). The second kappa shape index (κ2) is 7.37. The van der Waals surface area contributed by atoms with Crippen molar-refractivity contribution in [3.8, 4) is 11.4 Å². The van der Waals surface area contributed by atoms with Crippen molar-refractivity contribution in [1.82, 2.24) is 30.4 Å². The number of nitrogens with zero attached hydrogens (tertiary/aromatic N) is 5. The lowest BCUT2D eigenvalue weighted by Crippen LogP contribution is -2.36. The summed E-state index contributed by atoms with van der Waals surface area (Å²) in [5.41, 5.74) is 5.56. The number of morpholine rings is 1. The molecule has 4 heterocycles. The van der Waals surface area contributed by atoms with Gasteiger partial charge < -0.3 is 15.0 Å². The highest BCUT2D eigenvalue weighted by Crippen LogP contribution is 2.28. The number of rotatable bonds is 4. The molecular formula is C22H20N8O. The van der Waals surface area contributed by atoms with Gasteiger partial charge >= 0.3 is 0 Å². The van der Waals surface area contributed by atoms with Gasteiger partial charge in [-0.1, -0.05) is 0 Å². The van der Waals surface area contributed by atoms with E-state index in [1.54, 1.807) is 12.4 Å². The summed E-state index contributed by atoms with van der Waals surface area (Å²) in [6, 6.07) is 14.4. The summed E-state index contributed by atoms with van der Waals surface area (Å²) < 4.78 is 5.44. The number of benzene rings is 2. The van der Waals surface area contributed by atoms with Gasteiger partial charge in [0, 0.05) is 35.4 Å². The third kappa shape index (κ3) is 3.34. The third-order valence-corrected chi connectivity index (χ3v) is 5.50. The Labute approximate surface area is 177 Å². The first-order valence-electron chi connectivity index (χ1n) is 10.2. The molecule has 5 aromatic rings. The molecule has 9 heteroatoms. The molecule has 1 aliphatic rings. The highest BCUT2D eigenvalue weighted by Gasteiger charge is 2.14. The van der Waals surface area contributed by atoms with Crippen LogP contribution < -0.4 is 10.2 Å². The molecule has 3 N–H and O–H groups in total. The predicted octanol–water partition coefficient (Wildman–Crippen LogP) is 3.48. The first-order valence-corrected chi connectivity index (χ1v) is 10.2. The molecule has 0 spiro atoms. The molecule has 0 radical (unpaired) electrons. The second-order valence-corrected chi connectivity index (χ2v) is 7.47. The van der Waals surface area contributed by atoms with Gasteiger partial charge in [-0.3, -0.25) is 10.2 Å². The molecule has 1 aliphatic heterocycles. The molecule has 0 saturated carbocycles. The van der Waals surface area contributed by atoms with Crippen LogP contribution >= 0.6 is 0 Å². The minimum atomic E-state index is 0.629. The zero-order chi connectivity index (χ0) is 20.6. The molecule has 31 heavy (non-hydrogen) atoms. The first kappa shape index (κ1) is 17.8. The summed E-state index contributed by atoms with van der Waals surface area (Å²) in [5.74, 6) is 1.31. The van der Waals surface area contributed by atoms with Crippen LogP contribution in [0.4, 0.5) is 17.2 Å². The maximum Gasteiger partial charge on any atom is 0.162 e. The van der Waals surface area contributed by atoms with Crippen LogP contribution in [0.25, 0.3) is 33.3 Å². The number of ether oxygens (including phenoxy) is 1. The number of hydrogen-bond donors (Lipinski definition) is 3. The van der Waals surface area contributed by atoms with Crippen LogP contribution in [0.1, 0.15) is 0 Å². The Morgan fingerprint density at radius 2 is 1.74 bits per heavy atom. The molecule has 3 aromatic heterocycles. The summed E-state index contributed by atoms with van der Waals surface area (Å²) in [6.45, 7) is 3.37. The molecule has 0 unspecified atom stereocenters. The molecule has 1 fully saturated rings. The lowest BCUT2D eigenvalue weighted by Gasteiger charge is -2.28. The molecule has 6 rings (SSSR count). The Bertz CT molecular complexity index is 1350. The third-order valence-electron chi connectivity index (χ3n) is 5.50. The Morgan fingerprint density at radius 3 is 2.61 bits per heavy atom. The fourth-order valence-electron chi connectivity index (χ4n) is 3.85. The van der Waals surface area contributed by atoms with E-state index >= 15 is 0 Å². The second-order valence-electron chi connectivity index (χ2n) is 7.47. The fraction of sp³-hybridized carbons (Fsp3) is 0.182. The van der Waals surface area contributed by atoms with Crippen LogP contribution in [0.3, 0.4) is 0 Å². The van der Waals surface area contributed by atoms with Crippen molar-refractivity contribution in [2.45, 2.75) is 0 Å². The molecule has 1 saturated heterocycles. The van der Waals surface area contributed by atoms with Crippen LogP contribution in [0, 0.1) is 0 Å². The average Bonchev–Trinajstić information content (AvgIpc) is 3.49. The zero-order valence-electron chi connectivity index (χ0n) is 16.7. The topological polar surface area (TPSA) is 108 Å². The smallest absolute Gasteiger partial charge is 0.162 e. The Hall–Kier alpha value is -3.98. The lowest BCUT2D eigenvalue weighted by molar-refractivity contribution is 0.122. The SMILES string of the molecule is c1cc(N2CCOCC2)ccc1Nc1nc(-c2ccc3[nH]ncc3c2)nc2cn[nH]c12. The number of aromatic amines is 2. The van der Waals surface area contributed by atoms with E-state index in [0.29, 0.717) is 11.6 Å². The van der Waals surface area contributed by atoms with Gasteiger partial charge in [-0.05, 0) is 42.5 Å². The average molecular weight is 412 g/mol. The van der Waals surface area contributed by atoms with E-state index in [9.17, 15) is 0 Å². The van der Waals surface area contributed by atoms with Crippen LogP contribution in [0.15, 0.2) is 54.9 Å². The molecule has 0 amide bonds. The minimum absolute atomic E-state index is 0.629. The Balaban J connectivity index is 1.33. The quantitative estimate of drug-likeness (QED) is 0.415. The number of H-pyrrole nitrogens is 2. The summed E-state index contributed by atoms with van der Waals surface area (Å²) >= 11 is 0. The molecule has 9 nitrogen and oxygen atoms in total. The van der Waals surface area contributed by atoms with Crippen molar-refractivity contribution < 1.29 is 4.74 Å². The maximum atomic E-state index is 5.44. The van der Waals surface area contributed by atoms with Crippen molar-refractivity contribution in [2.75, 3.05) is 36.5 Å². The lowest BCUT2D eigenvalue weighted by atomic mass is 10.1. The van der Waals surface area contributed by atoms with E-state index in [1.165, 1.54) is 5.69 Å². The normalized spacial score (nSPS) is 14.4. The van der Waals surface area contributed by atoms with Crippen LogP contribution in [0.2, 0.25) is 0 Å². The Morgan fingerprint density at radius 1 is 0.903 bits per heavy atom. The van der Waals surface area contributed by atoms with Crippen LogP contribution in [-0.4, -0.2) is 56.7 Å².